The predicted octanol–water partition coefficient (Wildman–Crippen LogP) is 2.12. The van der Waals surface area contributed by atoms with Gasteiger partial charge >= 0.3 is 6.18 Å². The third kappa shape index (κ3) is 3.54. The molecule has 0 spiro atoms. The average Bonchev–Trinajstić information content (AvgIpc) is 3.28. The van der Waals surface area contributed by atoms with Crippen LogP contribution in [-0.4, -0.2) is 21.5 Å². The van der Waals surface area contributed by atoms with Crippen molar-refractivity contribution < 1.29 is 23.1 Å². The molecule has 1 heterocycles. The Morgan fingerprint density at radius 2 is 1.96 bits per heavy atom. The first kappa shape index (κ1) is 17.1. The fourth-order valence-corrected chi connectivity index (χ4v) is 2.85. The molecule has 1 amide bonds. The maximum Gasteiger partial charge on any atom is 0.416 e. The minimum absolute atomic E-state index is 0.150. The lowest BCUT2D eigenvalue weighted by molar-refractivity contribution is -0.137. The number of guanidine groups is 1. The van der Waals surface area contributed by atoms with Crippen molar-refractivity contribution in [2.45, 2.75) is 32.0 Å². The average molecular weight is 354 g/mol. The predicted molar refractivity (Wildman–Crippen MR) is 85.8 cm³/mol. The fraction of sp³-hybridized carbons (Fsp3) is 0.375. The molecule has 6 nitrogen and oxygen atoms in total. The number of hydrogen-bond acceptors (Lipinski definition) is 2. The molecule has 25 heavy (non-hydrogen) atoms. The number of aromatic nitrogens is 1. The summed E-state index contributed by atoms with van der Waals surface area (Å²) in [5.74, 6) is -0.918. The lowest BCUT2D eigenvalue weighted by Crippen LogP contribution is -2.24. The number of nitrogens with two attached hydrogens (primary N) is 2. The van der Waals surface area contributed by atoms with Gasteiger partial charge in [0.15, 0.2) is 11.8 Å². The summed E-state index contributed by atoms with van der Waals surface area (Å²) in [6.07, 6.45) is -2.88. The molecule has 0 bridgehead atoms. The van der Waals surface area contributed by atoms with E-state index in [4.69, 9.17) is 11.5 Å². The van der Waals surface area contributed by atoms with Crippen LogP contribution >= 0.6 is 0 Å². The quantitative estimate of drug-likeness (QED) is 0.577. The van der Waals surface area contributed by atoms with Gasteiger partial charge in [0.2, 0.25) is 0 Å². The zero-order chi connectivity index (χ0) is 18.4. The summed E-state index contributed by atoms with van der Waals surface area (Å²) in [5, 5.41) is 10.9. The van der Waals surface area contributed by atoms with E-state index in [0.29, 0.717) is 12.5 Å². The first-order valence-electron chi connectivity index (χ1n) is 7.70. The summed E-state index contributed by atoms with van der Waals surface area (Å²) in [5.41, 5.74) is 9.78. The molecule has 134 valence electrons. The Bertz CT molecular complexity index is 862. The Balaban J connectivity index is 2.13. The normalized spacial score (nSPS) is 14.7. The summed E-state index contributed by atoms with van der Waals surface area (Å²) in [6.45, 7) is 0.437. The maximum atomic E-state index is 13.0. The van der Waals surface area contributed by atoms with Crippen molar-refractivity contribution in [1.82, 2.24) is 4.57 Å². The number of hydrogen-bond donors (Lipinski definition) is 3. The van der Waals surface area contributed by atoms with E-state index in [0.717, 1.165) is 25.0 Å². The smallest absolute Gasteiger partial charge is 0.416 e. The molecule has 1 fully saturated rings. The van der Waals surface area contributed by atoms with Crippen molar-refractivity contribution in [2.75, 3.05) is 0 Å². The van der Waals surface area contributed by atoms with Crippen molar-refractivity contribution in [3.8, 4) is 5.88 Å². The van der Waals surface area contributed by atoms with Gasteiger partial charge in [0.05, 0.1) is 12.0 Å². The van der Waals surface area contributed by atoms with Gasteiger partial charge in [0.1, 0.15) is 0 Å². The largest absolute Gasteiger partial charge is 0.494 e. The monoisotopic (exact) mass is 354 g/mol. The molecule has 1 aromatic carbocycles. The lowest BCUT2D eigenvalue weighted by atomic mass is 10.1. The van der Waals surface area contributed by atoms with Gasteiger partial charge in [-0.25, -0.2) is 0 Å². The number of nitrogens with zero attached hydrogens (tertiary/aromatic N) is 2. The molecule has 0 aliphatic heterocycles. The van der Waals surface area contributed by atoms with E-state index in [-0.39, 0.29) is 28.8 Å². The minimum Gasteiger partial charge on any atom is -0.494 e. The van der Waals surface area contributed by atoms with E-state index in [2.05, 4.69) is 4.99 Å². The van der Waals surface area contributed by atoms with Crippen LogP contribution in [0.4, 0.5) is 13.2 Å². The third-order valence-corrected chi connectivity index (χ3v) is 4.19. The molecule has 3 rings (SSSR count). The minimum atomic E-state index is -4.52. The van der Waals surface area contributed by atoms with Crippen LogP contribution in [0.15, 0.2) is 23.2 Å². The number of carbonyl (C=O) groups is 1. The fourth-order valence-electron chi connectivity index (χ4n) is 2.85. The zero-order valence-electron chi connectivity index (χ0n) is 13.2. The molecule has 0 unspecified atom stereocenters. The van der Waals surface area contributed by atoms with Gasteiger partial charge in [-0.1, -0.05) is 0 Å². The summed E-state index contributed by atoms with van der Waals surface area (Å²) in [4.78, 5) is 15.4. The first-order chi connectivity index (χ1) is 11.7. The second-order valence-electron chi connectivity index (χ2n) is 6.19. The van der Waals surface area contributed by atoms with Crippen molar-refractivity contribution in [2.24, 2.45) is 22.4 Å². The van der Waals surface area contributed by atoms with Crippen LogP contribution in [0.25, 0.3) is 10.8 Å². The number of halogens is 3. The van der Waals surface area contributed by atoms with Gasteiger partial charge < -0.3 is 21.1 Å². The van der Waals surface area contributed by atoms with E-state index < -0.39 is 23.6 Å². The van der Waals surface area contributed by atoms with Crippen molar-refractivity contribution >= 4 is 22.6 Å². The first-order valence-corrected chi connectivity index (χ1v) is 7.70. The molecule has 0 atom stereocenters. The van der Waals surface area contributed by atoms with E-state index in [1.54, 1.807) is 0 Å². The third-order valence-electron chi connectivity index (χ3n) is 4.19. The van der Waals surface area contributed by atoms with Gasteiger partial charge in [0, 0.05) is 23.0 Å². The molecule has 0 saturated heterocycles. The Kier molecular flexibility index (Phi) is 4.09. The summed E-state index contributed by atoms with van der Waals surface area (Å²) >= 11 is 0. The molecule has 0 radical (unpaired) electrons. The number of fused-ring (bicyclic) bond motifs is 1. The number of amides is 1. The number of alkyl halides is 3. The van der Waals surface area contributed by atoms with E-state index in [9.17, 15) is 23.1 Å². The van der Waals surface area contributed by atoms with Gasteiger partial charge in [-0.15, -0.1) is 0 Å². The van der Waals surface area contributed by atoms with Crippen LogP contribution in [0.5, 0.6) is 5.88 Å². The molecular formula is C16H17F3N4O2. The molecule has 1 aliphatic carbocycles. The van der Waals surface area contributed by atoms with Crippen molar-refractivity contribution in [1.29, 1.82) is 0 Å². The lowest BCUT2D eigenvalue weighted by Gasteiger charge is -2.09. The number of aromatic hydroxyl groups is 1. The van der Waals surface area contributed by atoms with Crippen LogP contribution in [0.3, 0.4) is 0 Å². The zero-order valence-corrected chi connectivity index (χ0v) is 13.2. The highest BCUT2D eigenvalue weighted by atomic mass is 19.4. The second kappa shape index (κ2) is 5.98. The Morgan fingerprint density at radius 3 is 2.52 bits per heavy atom. The molecule has 2 aromatic rings. The van der Waals surface area contributed by atoms with Crippen LogP contribution in [0.2, 0.25) is 0 Å². The molecule has 1 aromatic heterocycles. The topological polar surface area (TPSA) is 107 Å². The summed E-state index contributed by atoms with van der Waals surface area (Å²) in [7, 11) is 0. The SMILES string of the molecule is NC(N)=NC(=O)Cc1c2cc(C(F)(F)F)ccc2c(O)n1CC1CC1. The van der Waals surface area contributed by atoms with Crippen LogP contribution in [0, 0.1) is 5.92 Å². The Hall–Kier alpha value is -2.71. The van der Waals surface area contributed by atoms with Crippen molar-refractivity contribution in [3.63, 3.8) is 0 Å². The highest BCUT2D eigenvalue weighted by molar-refractivity contribution is 5.97. The van der Waals surface area contributed by atoms with Gasteiger partial charge in [-0.2, -0.15) is 18.2 Å². The highest BCUT2D eigenvalue weighted by Crippen LogP contribution is 2.40. The van der Waals surface area contributed by atoms with Crippen LogP contribution in [0.1, 0.15) is 24.1 Å². The second-order valence-corrected chi connectivity index (χ2v) is 6.19. The molecule has 5 N–H and O–H groups in total. The maximum absolute atomic E-state index is 13.0. The summed E-state index contributed by atoms with van der Waals surface area (Å²) < 4.78 is 40.5. The molecule has 1 aliphatic rings. The molecular weight excluding hydrogens is 337 g/mol. The van der Waals surface area contributed by atoms with Crippen LogP contribution in [-0.2, 0) is 23.9 Å². The van der Waals surface area contributed by atoms with E-state index in [1.165, 1.54) is 10.6 Å². The number of carbonyl (C=O) groups excluding carboxylic acids is 1. The number of benzene rings is 1. The molecule has 1 saturated carbocycles. The standard InChI is InChI=1S/C16H17F3N4O2/c17-16(18,19)9-3-4-10-11(5-9)12(6-13(24)22-15(20)21)23(14(10)25)7-8-1-2-8/h3-5,8,25H,1-2,6-7H2,(H4,20,21,22,24). The summed E-state index contributed by atoms with van der Waals surface area (Å²) in [6, 6.07) is 3.06. The van der Waals surface area contributed by atoms with E-state index in [1.807, 2.05) is 0 Å². The highest BCUT2D eigenvalue weighted by Gasteiger charge is 2.32. The Morgan fingerprint density at radius 1 is 1.28 bits per heavy atom. The van der Waals surface area contributed by atoms with Crippen molar-refractivity contribution in [3.05, 3.63) is 29.5 Å². The molecule has 9 heteroatoms. The van der Waals surface area contributed by atoms with Gasteiger partial charge in [0.25, 0.3) is 5.91 Å². The number of rotatable bonds is 4. The van der Waals surface area contributed by atoms with E-state index >= 15 is 0 Å². The van der Waals surface area contributed by atoms with Crippen LogP contribution < -0.4 is 11.5 Å². The van der Waals surface area contributed by atoms with Gasteiger partial charge in [-0.05, 0) is 37.0 Å². The van der Waals surface area contributed by atoms with Gasteiger partial charge in [-0.3, -0.25) is 4.79 Å². The Labute approximate surface area is 140 Å². The number of aliphatic imine (C=N–C) groups is 1.